The van der Waals surface area contributed by atoms with Crippen molar-refractivity contribution in [1.82, 2.24) is 0 Å². The smallest absolute Gasteiger partial charge is 0.296 e. The molecule has 2 aromatic rings. The van der Waals surface area contributed by atoms with E-state index in [1.54, 1.807) is 0 Å². The van der Waals surface area contributed by atoms with E-state index in [9.17, 15) is 15.2 Å². The van der Waals surface area contributed by atoms with Gasteiger partial charge in [-0.15, -0.1) is 0 Å². The lowest BCUT2D eigenvalue weighted by atomic mass is 10.1. The quantitative estimate of drug-likeness (QED) is 0.457. The second kappa shape index (κ2) is 5.32. The number of benzene rings is 2. The van der Waals surface area contributed by atoms with E-state index in [4.69, 9.17) is 0 Å². The summed E-state index contributed by atoms with van der Waals surface area (Å²) < 4.78 is 0. The highest BCUT2D eigenvalue weighted by Crippen LogP contribution is 2.31. The molecule has 3 N–H and O–H groups in total. The zero-order valence-corrected chi connectivity index (χ0v) is 11.3. The Hall–Kier alpha value is -2.76. The van der Waals surface area contributed by atoms with Gasteiger partial charge >= 0.3 is 0 Å². The third kappa shape index (κ3) is 2.60. The van der Waals surface area contributed by atoms with Crippen LogP contribution in [0.3, 0.4) is 0 Å². The van der Waals surface area contributed by atoms with Gasteiger partial charge in [-0.3, -0.25) is 10.1 Å². The Kier molecular flexibility index (Phi) is 3.35. The molecule has 108 valence electrons. The second-order valence-corrected chi connectivity index (χ2v) is 4.94. The molecule has 0 fully saturated rings. The molecule has 1 aliphatic rings. The van der Waals surface area contributed by atoms with Crippen molar-refractivity contribution in [1.29, 1.82) is 0 Å². The number of nitrogens with one attached hydrogen (secondary N) is 2. The third-order valence-corrected chi connectivity index (χ3v) is 3.58. The fourth-order valence-corrected chi connectivity index (χ4v) is 2.57. The van der Waals surface area contributed by atoms with Crippen LogP contribution in [-0.2, 0) is 13.0 Å². The van der Waals surface area contributed by atoms with E-state index in [2.05, 4.69) is 16.7 Å². The molecule has 2 aromatic carbocycles. The Bertz CT molecular complexity index is 701. The second-order valence-electron chi connectivity index (χ2n) is 4.94. The van der Waals surface area contributed by atoms with Gasteiger partial charge in [0, 0.05) is 18.8 Å². The number of aromatic hydroxyl groups is 1. The van der Waals surface area contributed by atoms with E-state index in [-0.39, 0.29) is 11.4 Å². The molecule has 0 aromatic heterocycles. The highest BCUT2D eigenvalue weighted by atomic mass is 16.6. The van der Waals surface area contributed by atoms with Crippen LogP contribution in [0.4, 0.5) is 17.1 Å². The van der Waals surface area contributed by atoms with Gasteiger partial charge in [0.15, 0.2) is 0 Å². The number of phenols is 1. The highest BCUT2D eigenvalue weighted by molar-refractivity contribution is 5.66. The van der Waals surface area contributed by atoms with Crippen LogP contribution in [0.5, 0.6) is 5.75 Å². The maximum absolute atomic E-state index is 11.0. The van der Waals surface area contributed by atoms with E-state index in [1.807, 2.05) is 12.1 Å². The first-order valence-corrected chi connectivity index (χ1v) is 6.71. The molecule has 1 aliphatic heterocycles. The van der Waals surface area contributed by atoms with Crippen molar-refractivity contribution in [2.45, 2.75) is 13.0 Å². The minimum absolute atomic E-state index is 0.116. The Morgan fingerprint density at radius 1 is 1.33 bits per heavy atom. The molecule has 0 radical (unpaired) electrons. The molecule has 3 rings (SSSR count). The molecule has 0 amide bonds. The van der Waals surface area contributed by atoms with Gasteiger partial charge in [-0.05, 0) is 29.7 Å². The lowest BCUT2D eigenvalue weighted by Gasteiger charge is -2.11. The van der Waals surface area contributed by atoms with Crippen LogP contribution in [-0.4, -0.2) is 16.6 Å². The predicted molar refractivity (Wildman–Crippen MR) is 80.7 cm³/mol. The van der Waals surface area contributed by atoms with Crippen LogP contribution in [0.15, 0.2) is 36.4 Å². The van der Waals surface area contributed by atoms with Crippen LogP contribution in [0.2, 0.25) is 0 Å². The number of hydrogen-bond acceptors (Lipinski definition) is 5. The molecule has 6 nitrogen and oxygen atoms in total. The predicted octanol–water partition coefficient (Wildman–Crippen LogP) is 2.88. The molecule has 0 saturated heterocycles. The van der Waals surface area contributed by atoms with E-state index in [0.29, 0.717) is 12.2 Å². The van der Waals surface area contributed by atoms with Crippen LogP contribution >= 0.6 is 0 Å². The largest absolute Gasteiger partial charge is 0.508 e. The van der Waals surface area contributed by atoms with Crippen molar-refractivity contribution in [3.05, 3.63) is 57.6 Å². The molecular weight excluding hydrogens is 270 g/mol. The van der Waals surface area contributed by atoms with Crippen LogP contribution in [0.25, 0.3) is 0 Å². The van der Waals surface area contributed by atoms with E-state index < -0.39 is 4.92 Å². The first-order valence-electron chi connectivity index (χ1n) is 6.71. The molecule has 0 saturated carbocycles. The Balaban J connectivity index is 1.83. The topological polar surface area (TPSA) is 87.4 Å². The number of nitrogens with zero attached hydrogens (tertiary/aromatic N) is 1. The number of fused-ring (bicyclic) bond motifs is 1. The Morgan fingerprint density at radius 3 is 3.00 bits per heavy atom. The number of phenolic OH excluding ortho intramolecular Hbond substituents is 1. The molecule has 0 unspecified atom stereocenters. The number of hydrogen-bond donors (Lipinski definition) is 3. The SMILES string of the molecule is O=[N+]([O-])c1cc(O)ccc1NCc1cccc2c1NCC2. The van der Waals surface area contributed by atoms with Gasteiger partial charge in [-0.2, -0.15) is 0 Å². The van der Waals surface area contributed by atoms with Gasteiger partial charge in [0.25, 0.3) is 5.69 Å². The summed E-state index contributed by atoms with van der Waals surface area (Å²) in [7, 11) is 0. The average Bonchev–Trinajstić information content (AvgIpc) is 2.94. The summed E-state index contributed by atoms with van der Waals surface area (Å²) in [4.78, 5) is 10.5. The van der Waals surface area contributed by atoms with Gasteiger partial charge in [0.1, 0.15) is 11.4 Å². The maximum Gasteiger partial charge on any atom is 0.296 e. The van der Waals surface area contributed by atoms with Crippen LogP contribution in [0.1, 0.15) is 11.1 Å². The minimum Gasteiger partial charge on any atom is -0.508 e. The number of rotatable bonds is 4. The standard InChI is InChI=1S/C15H15N3O3/c19-12-4-5-13(14(8-12)18(20)21)17-9-11-3-1-2-10-6-7-16-15(10)11/h1-5,8,16-17,19H,6-7,9H2. The molecule has 0 atom stereocenters. The highest BCUT2D eigenvalue weighted by Gasteiger charge is 2.16. The maximum atomic E-state index is 11.0. The average molecular weight is 285 g/mol. The van der Waals surface area contributed by atoms with Crippen LogP contribution in [0, 0.1) is 10.1 Å². The number of nitro groups is 1. The summed E-state index contributed by atoms with van der Waals surface area (Å²) >= 11 is 0. The lowest BCUT2D eigenvalue weighted by Crippen LogP contribution is -2.05. The van der Waals surface area contributed by atoms with Crippen molar-refractivity contribution in [3.63, 3.8) is 0 Å². The summed E-state index contributed by atoms with van der Waals surface area (Å²) in [5.74, 6) is -0.116. The van der Waals surface area contributed by atoms with E-state index in [1.165, 1.54) is 17.7 Å². The van der Waals surface area contributed by atoms with Crippen molar-refractivity contribution in [3.8, 4) is 5.75 Å². The van der Waals surface area contributed by atoms with Gasteiger partial charge in [-0.1, -0.05) is 18.2 Å². The molecule has 21 heavy (non-hydrogen) atoms. The summed E-state index contributed by atoms with van der Waals surface area (Å²) in [5, 5.41) is 26.8. The summed E-state index contributed by atoms with van der Waals surface area (Å²) in [6.45, 7) is 1.41. The molecule has 0 bridgehead atoms. The molecule has 6 heteroatoms. The first-order chi connectivity index (χ1) is 10.1. The number of anilines is 2. The Labute approximate surface area is 121 Å². The summed E-state index contributed by atoms with van der Waals surface area (Å²) in [6, 6.07) is 10.2. The van der Waals surface area contributed by atoms with Gasteiger partial charge in [-0.25, -0.2) is 0 Å². The van der Waals surface area contributed by atoms with Crippen LogP contribution < -0.4 is 10.6 Å². The van der Waals surface area contributed by atoms with Gasteiger partial charge in [0.2, 0.25) is 0 Å². The molecule has 0 aliphatic carbocycles. The molecule has 1 heterocycles. The molecular formula is C15H15N3O3. The molecule has 0 spiro atoms. The lowest BCUT2D eigenvalue weighted by molar-refractivity contribution is -0.384. The minimum atomic E-state index is -0.504. The van der Waals surface area contributed by atoms with E-state index >= 15 is 0 Å². The van der Waals surface area contributed by atoms with Crippen molar-refractivity contribution >= 4 is 17.1 Å². The zero-order valence-electron chi connectivity index (χ0n) is 11.3. The zero-order chi connectivity index (χ0) is 14.8. The fraction of sp³-hybridized carbons (Fsp3) is 0.200. The summed E-state index contributed by atoms with van der Waals surface area (Å²) in [5.41, 5.74) is 3.73. The van der Waals surface area contributed by atoms with Crippen molar-refractivity contribution < 1.29 is 10.0 Å². The normalized spacial score (nSPS) is 12.6. The van der Waals surface area contributed by atoms with E-state index in [0.717, 1.165) is 30.3 Å². The van der Waals surface area contributed by atoms with Gasteiger partial charge < -0.3 is 15.7 Å². The van der Waals surface area contributed by atoms with Gasteiger partial charge in [0.05, 0.1) is 11.0 Å². The van der Waals surface area contributed by atoms with Crippen molar-refractivity contribution in [2.24, 2.45) is 0 Å². The Morgan fingerprint density at radius 2 is 2.19 bits per heavy atom. The number of nitro benzene ring substituents is 1. The first kappa shape index (κ1) is 13.2. The fourth-order valence-electron chi connectivity index (χ4n) is 2.57. The third-order valence-electron chi connectivity index (χ3n) is 3.58. The number of para-hydroxylation sites is 1. The summed E-state index contributed by atoms with van der Waals surface area (Å²) in [6.07, 6.45) is 1.00. The monoisotopic (exact) mass is 285 g/mol. The van der Waals surface area contributed by atoms with Crippen molar-refractivity contribution in [2.75, 3.05) is 17.2 Å².